The molecule has 0 saturated heterocycles. The lowest BCUT2D eigenvalue weighted by Crippen LogP contribution is -2.38. The summed E-state index contributed by atoms with van der Waals surface area (Å²) in [5.41, 5.74) is 1.03. The van der Waals surface area contributed by atoms with Crippen molar-refractivity contribution in [2.45, 2.75) is 20.0 Å². The molecule has 25 heavy (non-hydrogen) atoms. The van der Waals surface area contributed by atoms with Crippen LogP contribution in [0.15, 0.2) is 18.2 Å². The van der Waals surface area contributed by atoms with E-state index in [0.29, 0.717) is 17.1 Å². The number of nitrogens with zero attached hydrogens (tertiary/aromatic N) is 2. The van der Waals surface area contributed by atoms with E-state index in [2.05, 4.69) is 15.7 Å². The van der Waals surface area contributed by atoms with Crippen LogP contribution in [0.3, 0.4) is 0 Å². The number of aliphatic hydroxyl groups is 1. The monoisotopic (exact) mass is 352 g/mol. The van der Waals surface area contributed by atoms with Gasteiger partial charge >= 0.3 is 11.8 Å². The first kappa shape index (κ1) is 18.5. The molecule has 134 valence electrons. The van der Waals surface area contributed by atoms with Crippen molar-refractivity contribution in [3.05, 3.63) is 46.8 Å². The largest absolute Gasteiger partial charge is 0.386 e. The number of carbonyl (C=O) groups excluding carboxylic acids is 2. The second-order valence-corrected chi connectivity index (χ2v) is 5.48. The maximum absolute atomic E-state index is 13.6. The molecule has 0 fully saturated rings. The number of rotatable bonds is 4. The van der Waals surface area contributed by atoms with Crippen LogP contribution < -0.4 is 10.6 Å². The lowest BCUT2D eigenvalue weighted by Gasteiger charge is -2.13. The van der Waals surface area contributed by atoms with Crippen molar-refractivity contribution in [3.8, 4) is 0 Å². The third-order valence-electron chi connectivity index (χ3n) is 3.74. The zero-order valence-electron chi connectivity index (χ0n) is 13.9. The Morgan fingerprint density at radius 1 is 1.24 bits per heavy atom. The number of aliphatic hydroxyl groups excluding tert-OH is 1. The highest BCUT2D eigenvalue weighted by atomic mass is 19.1. The number of benzene rings is 1. The van der Waals surface area contributed by atoms with Gasteiger partial charge in [0.15, 0.2) is 0 Å². The van der Waals surface area contributed by atoms with Crippen LogP contribution in [0.4, 0.5) is 14.5 Å². The first-order chi connectivity index (χ1) is 11.7. The van der Waals surface area contributed by atoms with Gasteiger partial charge in [0.2, 0.25) is 0 Å². The van der Waals surface area contributed by atoms with Gasteiger partial charge in [-0.3, -0.25) is 14.3 Å². The molecule has 9 heteroatoms. The Kier molecular flexibility index (Phi) is 5.48. The summed E-state index contributed by atoms with van der Waals surface area (Å²) in [4.78, 5) is 23.8. The lowest BCUT2D eigenvalue weighted by atomic mass is 10.1. The molecule has 0 radical (unpaired) electrons. The van der Waals surface area contributed by atoms with E-state index in [9.17, 15) is 23.5 Å². The second-order valence-electron chi connectivity index (χ2n) is 5.48. The Morgan fingerprint density at radius 2 is 1.84 bits per heavy atom. The molecule has 0 aliphatic rings. The maximum Gasteiger partial charge on any atom is 0.313 e. The molecule has 0 unspecified atom stereocenters. The quantitative estimate of drug-likeness (QED) is 0.718. The maximum atomic E-state index is 13.6. The predicted octanol–water partition coefficient (Wildman–Crippen LogP) is 1.10. The molecule has 1 aromatic carbocycles. The standard InChI is InChI=1S/C16H18F2N4O3/c1-8-14(9(2)22(3)21-8)20-16(25)15(24)19-7-12(23)13-10(17)5-4-6-11(13)18/h4-6,12,23H,7H2,1-3H3,(H,19,24)(H,20,25)/t12-/m0/s1. The minimum atomic E-state index is -1.63. The molecule has 0 spiro atoms. The molecule has 1 atom stereocenters. The molecule has 7 nitrogen and oxygen atoms in total. The minimum Gasteiger partial charge on any atom is -0.386 e. The Labute approximate surface area is 142 Å². The van der Waals surface area contributed by atoms with Gasteiger partial charge in [-0.05, 0) is 26.0 Å². The van der Waals surface area contributed by atoms with Gasteiger partial charge < -0.3 is 15.7 Å². The van der Waals surface area contributed by atoms with Crippen LogP contribution in [0.2, 0.25) is 0 Å². The van der Waals surface area contributed by atoms with Crippen LogP contribution in [0.5, 0.6) is 0 Å². The number of amides is 2. The fraction of sp³-hybridized carbons (Fsp3) is 0.312. The van der Waals surface area contributed by atoms with E-state index in [0.717, 1.165) is 18.2 Å². The third-order valence-corrected chi connectivity index (χ3v) is 3.74. The second kappa shape index (κ2) is 7.39. The van der Waals surface area contributed by atoms with Crippen LogP contribution in [-0.2, 0) is 16.6 Å². The van der Waals surface area contributed by atoms with Gasteiger partial charge in [0, 0.05) is 13.6 Å². The average Bonchev–Trinajstić information content (AvgIpc) is 2.78. The molecule has 2 amide bonds. The third kappa shape index (κ3) is 4.00. The van der Waals surface area contributed by atoms with Crippen molar-refractivity contribution in [2.24, 2.45) is 7.05 Å². The number of anilines is 1. The number of nitrogens with one attached hydrogen (secondary N) is 2. The molecule has 0 bridgehead atoms. The molecule has 3 N–H and O–H groups in total. The number of aromatic nitrogens is 2. The summed E-state index contributed by atoms with van der Waals surface area (Å²) in [5, 5.41) is 18.5. The summed E-state index contributed by atoms with van der Waals surface area (Å²) in [6.07, 6.45) is -1.63. The van der Waals surface area contributed by atoms with Crippen LogP contribution in [0.1, 0.15) is 23.1 Å². The Morgan fingerprint density at radius 3 is 2.36 bits per heavy atom. The van der Waals surface area contributed by atoms with Gasteiger partial charge in [-0.2, -0.15) is 5.10 Å². The molecular formula is C16H18F2N4O3. The summed E-state index contributed by atoms with van der Waals surface area (Å²) in [6.45, 7) is 2.87. The van der Waals surface area contributed by atoms with Crippen LogP contribution >= 0.6 is 0 Å². The van der Waals surface area contributed by atoms with Gasteiger partial charge in [0.25, 0.3) is 0 Å². The lowest BCUT2D eigenvalue weighted by molar-refractivity contribution is -0.136. The number of hydrogen-bond acceptors (Lipinski definition) is 4. The molecule has 2 rings (SSSR count). The Hall–Kier alpha value is -2.81. The van der Waals surface area contributed by atoms with Crippen LogP contribution in [-0.4, -0.2) is 33.2 Å². The zero-order valence-corrected chi connectivity index (χ0v) is 13.9. The SMILES string of the molecule is Cc1nn(C)c(C)c1NC(=O)C(=O)NC[C@H](O)c1c(F)cccc1F. The van der Waals surface area contributed by atoms with E-state index < -0.39 is 41.7 Å². The molecular weight excluding hydrogens is 334 g/mol. The highest BCUT2D eigenvalue weighted by Crippen LogP contribution is 2.20. The van der Waals surface area contributed by atoms with E-state index in [4.69, 9.17) is 0 Å². The van der Waals surface area contributed by atoms with Crippen LogP contribution in [0, 0.1) is 25.5 Å². The van der Waals surface area contributed by atoms with Crippen molar-refractivity contribution in [3.63, 3.8) is 0 Å². The van der Waals surface area contributed by atoms with Crippen molar-refractivity contribution in [2.75, 3.05) is 11.9 Å². The number of carbonyl (C=O) groups is 2. The van der Waals surface area contributed by atoms with Gasteiger partial charge in [-0.25, -0.2) is 8.78 Å². The van der Waals surface area contributed by atoms with E-state index in [1.165, 1.54) is 0 Å². The van der Waals surface area contributed by atoms with Crippen molar-refractivity contribution >= 4 is 17.5 Å². The van der Waals surface area contributed by atoms with Crippen molar-refractivity contribution < 1.29 is 23.5 Å². The first-order valence-electron chi connectivity index (χ1n) is 7.43. The summed E-state index contributed by atoms with van der Waals surface area (Å²) in [5.74, 6) is -3.89. The highest BCUT2D eigenvalue weighted by Gasteiger charge is 2.22. The van der Waals surface area contributed by atoms with Crippen molar-refractivity contribution in [1.82, 2.24) is 15.1 Å². The average molecular weight is 352 g/mol. The summed E-state index contributed by atoms with van der Waals surface area (Å²) in [6, 6.07) is 3.14. The van der Waals surface area contributed by atoms with Gasteiger partial charge in [0.1, 0.15) is 17.7 Å². The Bertz CT molecular complexity index is 800. The molecule has 0 aliphatic carbocycles. The molecule has 0 aliphatic heterocycles. The van der Waals surface area contributed by atoms with E-state index in [-0.39, 0.29) is 0 Å². The number of halogens is 2. The zero-order chi connectivity index (χ0) is 18.7. The number of aryl methyl sites for hydroxylation is 2. The van der Waals surface area contributed by atoms with Gasteiger partial charge in [-0.15, -0.1) is 0 Å². The summed E-state index contributed by atoms with van der Waals surface area (Å²) < 4.78 is 28.7. The number of hydrogen-bond donors (Lipinski definition) is 3. The Balaban J connectivity index is 1.99. The predicted molar refractivity (Wildman–Crippen MR) is 85.6 cm³/mol. The van der Waals surface area contributed by atoms with E-state index in [1.54, 1.807) is 25.6 Å². The summed E-state index contributed by atoms with van der Waals surface area (Å²) in [7, 11) is 1.69. The first-order valence-corrected chi connectivity index (χ1v) is 7.43. The fourth-order valence-corrected chi connectivity index (χ4v) is 2.33. The minimum absolute atomic E-state index is 0.406. The topological polar surface area (TPSA) is 96.2 Å². The van der Waals surface area contributed by atoms with Crippen LogP contribution in [0.25, 0.3) is 0 Å². The molecule has 2 aromatic rings. The van der Waals surface area contributed by atoms with Gasteiger partial charge in [-0.1, -0.05) is 6.07 Å². The summed E-state index contributed by atoms with van der Waals surface area (Å²) >= 11 is 0. The fourth-order valence-electron chi connectivity index (χ4n) is 2.33. The van der Waals surface area contributed by atoms with Crippen molar-refractivity contribution in [1.29, 1.82) is 0 Å². The van der Waals surface area contributed by atoms with E-state index in [1.807, 2.05) is 0 Å². The smallest absolute Gasteiger partial charge is 0.313 e. The molecule has 1 heterocycles. The van der Waals surface area contributed by atoms with E-state index >= 15 is 0 Å². The molecule has 1 aromatic heterocycles. The normalized spacial score (nSPS) is 11.9. The highest BCUT2D eigenvalue weighted by molar-refractivity contribution is 6.39. The molecule has 0 saturated carbocycles. The van der Waals surface area contributed by atoms with Gasteiger partial charge in [0.05, 0.1) is 22.6 Å².